The van der Waals surface area contributed by atoms with Crippen molar-refractivity contribution in [3.8, 4) is 5.75 Å². The van der Waals surface area contributed by atoms with Crippen LogP contribution in [0.15, 0.2) is 24.3 Å². The van der Waals surface area contributed by atoms with E-state index < -0.39 is 0 Å². The number of ether oxygens (including phenoxy) is 1. The molecule has 0 aliphatic carbocycles. The van der Waals surface area contributed by atoms with Crippen molar-refractivity contribution >= 4 is 5.91 Å². The summed E-state index contributed by atoms with van der Waals surface area (Å²) in [6, 6.07) is 7.94. The summed E-state index contributed by atoms with van der Waals surface area (Å²) >= 11 is 0. The van der Waals surface area contributed by atoms with Gasteiger partial charge >= 0.3 is 0 Å². The Morgan fingerprint density at radius 1 is 1.27 bits per heavy atom. The van der Waals surface area contributed by atoms with Crippen LogP contribution in [0.2, 0.25) is 0 Å². The molecular weight excluding hydrogens is 328 g/mol. The number of nitrogens with zero attached hydrogens (tertiary/aromatic N) is 3. The van der Waals surface area contributed by atoms with Gasteiger partial charge in [-0.15, -0.1) is 0 Å². The zero-order valence-corrected chi connectivity index (χ0v) is 16.0. The standard InChI is InChI=1S/C20H28N4O2/c1-13-17(14(2)23(3)22-13)9-10-20(25)24-11-18(19(21)12-24)15-5-7-16(26-4)8-6-15/h5-8,18-19H,9-12,21H2,1-4H3/t18-,19+/m1/s1. The Labute approximate surface area is 154 Å². The largest absolute Gasteiger partial charge is 0.497 e. The van der Waals surface area contributed by atoms with Gasteiger partial charge in [0.2, 0.25) is 5.91 Å². The lowest BCUT2D eigenvalue weighted by Gasteiger charge is -2.17. The Morgan fingerprint density at radius 2 is 1.96 bits per heavy atom. The Kier molecular flexibility index (Phi) is 5.32. The number of nitrogens with two attached hydrogens (primary N) is 1. The zero-order chi connectivity index (χ0) is 18.8. The second-order valence-corrected chi connectivity index (χ2v) is 7.12. The maximum absolute atomic E-state index is 12.7. The van der Waals surface area contributed by atoms with Gasteiger partial charge in [-0.25, -0.2) is 0 Å². The van der Waals surface area contributed by atoms with Crippen molar-refractivity contribution in [2.24, 2.45) is 12.8 Å². The number of likely N-dealkylation sites (tertiary alicyclic amines) is 1. The van der Waals surface area contributed by atoms with Crippen molar-refractivity contribution in [2.75, 3.05) is 20.2 Å². The lowest BCUT2D eigenvalue weighted by molar-refractivity contribution is -0.130. The first-order valence-electron chi connectivity index (χ1n) is 9.07. The predicted octanol–water partition coefficient (Wildman–Crippen LogP) is 1.93. The molecule has 1 saturated heterocycles. The number of aromatic nitrogens is 2. The Hall–Kier alpha value is -2.34. The van der Waals surface area contributed by atoms with E-state index in [9.17, 15) is 4.79 Å². The molecule has 2 N–H and O–H groups in total. The number of carbonyl (C=O) groups is 1. The lowest BCUT2D eigenvalue weighted by atomic mass is 9.95. The first-order chi connectivity index (χ1) is 12.4. The Balaban J connectivity index is 1.62. The highest BCUT2D eigenvalue weighted by Crippen LogP contribution is 2.28. The molecule has 140 valence electrons. The van der Waals surface area contributed by atoms with E-state index in [0.29, 0.717) is 19.5 Å². The molecule has 0 saturated carbocycles. The number of amides is 1. The molecule has 2 aromatic rings. The molecule has 0 radical (unpaired) electrons. The third-order valence-corrected chi connectivity index (χ3v) is 5.51. The van der Waals surface area contributed by atoms with E-state index in [-0.39, 0.29) is 17.9 Å². The van der Waals surface area contributed by atoms with E-state index in [4.69, 9.17) is 10.5 Å². The smallest absolute Gasteiger partial charge is 0.222 e. The summed E-state index contributed by atoms with van der Waals surface area (Å²) < 4.78 is 7.09. The van der Waals surface area contributed by atoms with E-state index in [0.717, 1.165) is 29.1 Å². The number of carbonyl (C=O) groups excluding carboxylic acids is 1. The molecule has 3 rings (SSSR count). The van der Waals surface area contributed by atoms with Gasteiger partial charge in [0.15, 0.2) is 0 Å². The van der Waals surface area contributed by atoms with E-state index in [1.807, 2.05) is 54.7 Å². The van der Waals surface area contributed by atoms with Crippen molar-refractivity contribution in [1.82, 2.24) is 14.7 Å². The minimum Gasteiger partial charge on any atom is -0.497 e. The summed E-state index contributed by atoms with van der Waals surface area (Å²) in [5.41, 5.74) is 10.8. The van der Waals surface area contributed by atoms with Gasteiger partial charge in [0.25, 0.3) is 0 Å². The molecule has 6 heteroatoms. The van der Waals surface area contributed by atoms with Crippen LogP contribution in [0, 0.1) is 13.8 Å². The number of rotatable bonds is 5. The normalized spacial score (nSPS) is 19.8. The average molecular weight is 356 g/mol. The molecule has 0 unspecified atom stereocenters. The van der Waals surface area contributed by atoms with Crippen LogP contribution in [0.25, 0.3) is 0 Å². The third-order valence-electron chi connectivity index (χ3n) is 5.51. The Bertz CT molecular complexity index is 782. The molecule has 0 spiro atoms. The van der Waals surface area contributed by atoms with Crippen molar-refractivity contribution in [2.45, 2.75) is 38.6 Å². The van der Waals surface area contributed by atoms with Gasteiger partial charge in [0.1, 0.15) is 5.75 Å². The van der Waals surface area contributed by atoms with E-state index >= 15 is 0 Å². The van der Waals surface area contributed by atoms with Crippen LogP contribution in [-0.4, -0.2) is 46.8 Å². The zero-order valence-electron chi connectivity index (χ0n) is 16.0. The monoisotopic (exact) mass is 356 g/mol. The van der Waals surface area contributed by atoms with Crippen LogP contribution < -0.4 is 10.5 Å². The van der Waals surface area contributed by atoms with Gasteiger partial charge in [0, 0.05) is 44.2 Å². The van der Waals surface area contributed by atoms with Crippen LogP contribution in [0.4, 0.5) is 0 Å². The number of methoxy groups -OCH3 is 1. The fourth-order valence-corrected chi connectivity index (χ4v) is 3.81. The van der Waals surface area contributed by atoms with E-state index in [1.165, 1.54) is 5.56 Å². The van der Waals surface area contributed by atoms with Crippen molar-refractivity contribution < 1.29 is 9.53 Å². The number of benzene rings is 1. The van der Waals surface area contributed by atoms with Crippen LogP contribution in [0.3, 0.4) is 0 Å². The third kappa shape index (κ3) is 3.60. The second kappa shape index (κ2) is 7.50. The van der Waals surface area contributed by atoms with Gasteiger partial charge in [-0.1, -0.05) is 12.1 Å². The van der Waals surface area contributed by atoms with Crippen LogP contribution in [0.5, 0.6) is 5.75 Å². The summed E-state index contributed by atoms with van der Waals surface area (Å²) in [5.74, 6) is 1.17. The van der Waals surface area contributed by atoms with Crippen LogP contribution in [-0.2, 0) is 18.3 Å². The molecule has 1 amide bonds. The second-order valence-electron chi connectivity index (χ2n) is 7.12. The van der Waals surface area contributed by atoms with Gasteiger partial charge in [-0.2, -0.15) is 5.10 Å². The molecule has 1 aromatic heterocycles. The molecule has 2 heterocycles. The molecule has 2 atom stereocenters. The fraction of sp³-hybridized carbons (Fsp3) is 0.500. The topological polar surface area (TPSA) is 73.4 Å². The van der Waals surface area contributed by atoms with Crippen molar-refractivity contribution in [1.29, 1.82) is 0 Å². The highest BCUT2D eigenvalue weighted by Gasteiger charge is 2.33. The van der Waals surface area contributed by atoms with E-state index in [1.54, 1.807) is 7.11 Å². The molecule has 1 aliphatic rings. The number of hydrogen-bond acceptors (Lipinski definition) is 4. The minimum atomic E-state index is -0.0331. The highest BCUT2D eigenvalue weighted by atomic mass is 16.5. The summed E-state index contributed by atoms with van der Waals surface area (Å²) in [5, 5.41) is 4.43. The molecule has 1 fully saturated rings. The summed E-state index contributed by atoms with van der Waals surface area (Å²) in [6.45, 7) is 5.33. The molecule has 0 bridgehead atoms. The first-order valence-corrected chi connectivity index (χ1v) is 9.07. The maximum Gasteiger partial charge on any atom is 0.222 e. The summed E-state index contributed by atoms with van der Waals surface area (Å²) in [7, 11) is 3.59. The summed E-state index contributed by atoms with van der Waals surface area (Å²) in [4.78, 5) is 14.6. The van der Waals surface area contributed by atoms with Gasteiger partial charge in [0.05, 0.1) is 12.8 Å². The highest BCUT2D eigenvalue weighted by molar-refractivity contribution is 5.77. The number of aryl methyl sites for hydroxylation is 2. The molecular formula is C20H28N4O2. The SMILES string of the molecule is COc1ccc([C@H]2CN(C(=O)CCc3c(C)nn(C)c3C)C[C@@H]2N)cc1. The molecule has 26 heavy (non-hydrogen) atoms. The minimum absolute atomic E-state index is 0.0331. The van der Waals surface area contributed by atoms with Crippen molar-refractivity contribution in [3.63, 3.8) is 0 Å². The number of hydrogen-bond donors (Lipinski definition) is 1. The van der Waals surface area contributed by atoms with Crippen LogP contribution >= 0.6 is 0 Å². The Morgan fingerprint density at radius 3 is 2.54 bits per heavy atom. The summed E-state index contributed by atoms with van der Waals surface area (Å²) in [6.07, 6.45) is 1.22. The first kappa shape index (κ1) is 18.5. The quantitative estimate of drug-likeness (QED) is 0.888. The van der Waals surface area contributed by atoms with Gasteiger partial charge in [-0.3, -0.25) is 9.48 Å². The molecule has 1 aliphatic heterocycles. The fourth-order valence-electron chi connectivity index (χ4n) is 3.81. The average Bonchev–Trinajstić information content (AvgIpc) is 3.13. The lowest BCUT2D eigenvalue weighted by Crippen LogP contribution is -2.32. The van der Waals surface area contributed by atoms with Crippen molar-refractivity contribution in [3.05, 3.63) is 46.8 Å². The predicted molar refractivity (Wildman–Crippen MR) is 101 cm³/mol. The molecule has 6 nitrogen and oxygen atoms in total. The maximum atomic E-state index is 12.7. The van der Waals surface area contributed by atoms with Crippen LogP contribution in [0.1, 0.15) is 34.9 Å². The van der Waals surface area contributed by atoms with Gasteiger partial charge < -0.3 is 15.4 Å². The van der Waals surface area contributed by atoms with E-state index in [2.05, 4.69) is 5.10 Å². The molecule has 1 aromatic carbocycles. The van der Waals surface area contributed by atoms with Gasteiger partial charge in [-0.05, 0) is 43.5 Å².